The summed E-state index contributed by atoms with van der Waals surface area (Å²) in [5, 5.41) is 7.82. The molecule has 104 valence electrons. The van der Waals surface area contributed by atoms with E-state index >= 15 is 0 Å². The van der Waals surface area contributed by atoms with Crippen molar-refractivity contribution in [1.82, 2.24) is 4.90 Å². The van der Waals surface area contributed by atoms with Crippen LogP contribution in [0.3, 0.4) is 0 Å². The number of ether oxygens (including phenoxy) is 1. The van der Waals surface area contributed by atoms with Gasteiger partial charge < -0.3 is 9.64 Å². The third-order valence-corrected chi connectivity index (χ3v) is 2.78. The maximum atomic E-state index is 13.0. The molecule has 1 N–H and O–H groups in total. The quantitative estimate of drug-likeness (QED) is 0.677. The average Bonchev–Trinajstić information content (AvgIpc) is 2.61. The van der Waals surface area contributed by atoms with Gasteiger partial charge in [0.25, 0.3) is 0 Å². The van der Waals surface area contributed by atoms with Crippen LogP contribution in [0.2, 0.25) is 0 Å². The van der Waals surface area contributed by atoms with Crippen LogP contribution in [0.4, 0.5) is 17.6 Å². The number of fused-ring (bicyclic) bond motifs is 1. The van der Waals surface area contributed by atoms with Crippen LogP contribution in [0.1, 0.15) is 11.1 Å². The molecule has 1 aliphatic heterocycles. The molecule has 2 rings (SSSR count). The normalized spacial score (nSPS) is 14.9. The lowest BCUT2D eigenvalue weighted by atomic mass is 10.1. The lowest BCUT2D eigenvalue weighted by Gasteiger charge is -2.18. The summed E-state index contributed by atoms with van der Waals surface area (Å²) < 4.78 is 53.1. The predicted octanol–water partition coefficient (Wildman–Crippen LogP) is 2.55. The SMILES string of the molecule is N=C1c2cc(F)ccc2CN1CCOCC(F)(F)F. The Kier molecular flexibility index (Phi) is 3.75. The first-order chi connectivity index (χ1) is 8.87. The fraction of sp³-hybridized carbons (Fsp3) is 0.417. The number of benzene rings is 1. The van der Waals surface area contributed by atoms with Gasteiger partial charge in [-0.15, -0.1) is 0 Å². The number of hydrogen-bond acceptors (Lipinski definition) is 2. The van der Waals surface area contributed by atoms with Crippen molar-refractivity contribution in [2.45, 2.75) is 12.7 Å². The molecular weight excluding hydrogens is 264 g/mol. The van der Waals surface area contributed by atoms with Gasteiger partial charge >= 0.3 is 6.18 Å². The molecule has 0 saturated carbocycles. The Morgan fingerprint density at radius 3 is 2.74 bits per heavy atom. The molecule has 0 bridgehead atoms. The molecule has 7 heteroatoms. The molecule has 0 saturated heterocycles. The second kappa shape index (κ2) is 5.16. The molecule has 1 heterocycles. The molecule has 0 aliphatic carbocycles. The van der Waals surface area contributed by atoms with Gasteiger partial charge in [0.2, 0.25) is 0 Å². The van der Waals surface area contributed by atoms with Gasteiger partial charge in [0.1, 0.15) is 18.3 Å². The Morgan fingerprint density at radius 2 is 2.05 bits per heavy atom. The molecule has 3 nitrogen and oxygen atoms in total. The number of nitrogens with zero attached hydrogens (tertiary/aromatic N) is 1. The van der Waals surface area contributed by atoms with Crippen LogP contribution in [0, 0.1) is 11.2 Å². The molecule has 0 amide bonds. The van der Waals surface area contributed by atoms with Crippen molar-refractivity contribution >= 4 is 5.84 Å². The van der Waals surface area contributed by atoms with Gasteiger partial charge in [0.15, 0.2) is 0 Å². The van der Waals surface area contributed by atoms with Crippen molar-refractivity contribution in [2.75, 3.05) is 19.8 Å². The summed E-state index contributed by atoms with van der Waals surface area (Å²) in [7, 11) is 0. The van der Waals surface area contributed by atoms with E-state index in [0.717, 1.165) is 5.56 Å². The van der Waals surface area contributed by atoms with Crippen LogP contribution in [0.15, 0.2) is 18.2 Å². The van der Waals surface area contributed by atoms with E-state index in [1.54, 1.807) is 11.0 Å². The lowest BCUT2D eigenvalue weighted by Crippen LogP contribution is -2.29. The number of rotatable bonds is 4. The van der Waals surface area contributed by atoms with E-state index in [1.807, 2.05) is 0 Å². The van der Waals surface area contributed by atoms with Crippen LogP contribution < -0.4 is 0 Å². The van der Waals surface area contributed by atoms with Crippen molar-refractivity contribution in [1.29, 1.82) is 5.41 Å². The summed E-state index contributed by atoms with van der Waals surface area (Å²) in [6, 6.07) is 4.14. The van der Waals surface area contributed by atoms with Gasteiger partial charge in [-0.2, -0.15) is 13.2 Å². The van der Waals surface area contributed by atoms with Crippen molar-refractivity contribution in [2.24, 2.45) is 0 Å². The maximum Gasteiger partial charge on any atom is 0.411 e. The van der Waals surface area contributed by atoms with Crippen LogP contribution in [-0.2, 0) is 11.3 Å². The fourth-order valence-electron chi connectivity index (χ4n) is 1.92. The number of halogens is 4. The van der Waals surface area contributed by atoms with Crippen molar-refractivity contribution < 1.29 is 22.3 Å². The van der Waals surface area contributed by atoms with Gasteiger partial charge in [-0.3, -0.25) is 5.41 Å². The smallest absolute Gasteiger partial charge is 0.370 e. The highest BCUT2D eigenvalue weighted by Gasteiger charge is 2.28. The largest absolute Gasteiger partial charge is 0.411 e. The monoisotopic (exact) mass is 276 g/mol. The molecular formula is C12H12F4N2O. The zero-order chi connectivity index (χ0) is 14.0. The second-order valence-corrected chi connectivity index (χ2v) is 4.24. The summed E-state index contributed by atoms with van der Waals surface area (Å²) in [5.41, 5.74) is 1.28. The first-order valence-corrected chi connectivity index (χ1v) is 5.63. The number of nitrogens with one attached hydrogen (secondary N) is 1. The minimum atomic E-state index is -4.34. The predicted molar refractivity (Wildman–Crippen MR) is 60.5 cm³/mol. The Labute approximate surface area is 107 Å². The summed E-state index contributed by atoms with van der Waals surface area (Å²) in [4.78, 5) is 1.56. The summed E-state index contributed by atoms with van der Waals surface area (Å²) >= 11 is 0. The van der Waals surface area contributed by atoms with Crippen molar-refractivity contribution in [3.8, 4) is 0 Å². The standard InChI is InChI=1S/C12H12F4N2O/c13-9-2-1-8-6-18(11(17)10(8)5-9)3-4-19-7-12(14,15)16/h1-2,5,17H,3-4,6-7H2. The third kappa shape index (κ3) is 3.44. The first kappa shape index (κ1) is 13.8. The van der Waals surface area contributed by atoms with Crippen molar-refractivity contribution in [3.05, 3.63) is 35.1 Å². The minimum absolute atomic E-state index is 0.116. The molecule has 0 spiro atoms. The van der Waals surface area contributed by atoms with E-state index < -0.39 is 18.6 Å². The summed E-state index contributed by atoms with van der Waals surface area (Å²) in [6.45, 7) is -0.858. The molecule has 0 atom stereocenters. The Morgan fingerprint density at radius 1 is 1.32 bits per heavy atom. The van der Waals surface area contributed by atoms with E-state index in [1.165, 1.54) is 12.1 Å². The lowest BCUT2D eigenvalue weighted by molar-refractivity contribution is -0.174. The zero-order valence-corrected chi connectivity index (χ0v) is 9.93. The van der Waals surface area contributed by atoms with Crippen LogP contribution in [-0.4, -0.2) is 36.7 Å². The molecule has 0 unspecified atom stereocenters. The highest BCUT2D eigenvalue weighted by atomic mass is 19.4. The van der Waals surface area contributed by atoms with E-state index in [9.17, 15) is 17.6 Å². The Hall–Kier alpha value is -1.63. The summed E-state index contributed by atoms with van der Waals surface area (Å²) in [5.74, 6) is -0.316. The van der Waals surface area contributed by atoms with Crippen molar-refractivity contribution in [3.63, 3.8) is 0 Å². The van der Waals surface area contributed by atoms with Gasteiger partial charge in [-0.05, 0) is 17.7 Å². The van der Waals surface area contributed by atoms with Gasteiger partial charge in [-0.1, -0.05) is 6.07 Å². The fourth-order valence-corrected chi connectivity index (χ4v) is 1.92. The maximum absolute atomic E-state index is 13.0. The zero-order valence-electron chi connectivity index (χ0n) is 9.93. The highest BCUT2D eigenvalue weighted by molar-refractivity contribution is 6.00. The van der Waals surface area contributed by atoms with Crippen LogP contribution in [0.25, 0.3) is 0 Å². The number of amidine groups is 1. The Bertz CT molecular complexity index is 487. The molecule has 19 heavy (non-hydrogen) atoms. The van der Waals surface area contributed by atoms with Gasteiger partial charge in [0, 0.05) is 18.7 Å². The third-order valence-electron chi connectivity index (χ3n) is 2.78. The van der Waals surface area contributed by atoms with Gasteiger partial charge in [-0.25, -0.2) is 4.39 Å². The topological polar surface area (TPSA) is 36.3 Å². The number of hydrogen-bond donors (Lipinski definition) is 1. The van der Waals surface area contributed by atoms with E-state index in [0.29, 0.717) is 12.1 Å². The average molecular weight is 276 g/mol. The summed E-state index contributed by atoms with van der Waals surface area (Å²) in [6.07, 6.45) is -4.34. The molecule has 1 aliphatic rings. The van der Waals surface area contributed by atoms with E-state index in [2.05, 4.69) is 4.74 Å². The van der Waals surface area contributed by atoms with E-state index in [-0.39, 0.29) is 19.0 Å². The van der Waals surface area contributed by atoms with Crippen LogP contribution >= 0.6 is 0 Å². The molecule has 0 radical (unpaired) electrons. The number of alkyl halides is 3. The van der Waals surface area contributed by atoms with Gasteiger partial charge in [0.05, 0.1) is 6.61 Å². The molecule has 0 fully saturated rings. The molecule has 1 aromatic rings. The molecule has 0 aromatic heterocycles. The van der Waals surface area contributed by atoms with E-state index in [4.69, 9.17) is 5.41 Å². The first-order valence-electron chi connectivity index (χ1n) is 5.63. The minimum Gasteiger partial charge on any atom is -0.370 e. The molecule has 1 aromatic carbocycles. The van der Waals surface area contributed by atoms with Crippen LogP contribution in [0.5, 0.6) is 0 Å². The Balaban J connectivity index is 1.87. The highest BCUT2D eigenvalue weighted by Crippen LogP contribution is 2.23. The second-order valence-electron chi connectivity index (χ2n) is 4.24.